The molecule has 0 aromatic carbocycles. The molecule has 2 atom stereocenters. The number of hydrogen-bond donors (Lipinski definition) is 2. The van der Waals surface area contributed by atoms with Crippen LogP contribution in [0.2, 0.25) is 0 Å². The lowest BCUT2D eigenvalue weighted by Gasteiger charge is -2.29. The minimum absolute atomic E-state index is 0.102. The van der Waals surface area contributed by atoms with Gasteiger partial charge in [-0.15, -0.1) is 0 Å². The Balaban J connectivity index is 1.55. The molecular weight excluding hydrogens is 382 g/mol. The van der Waals surface area contributed by atoms with E-state index in [0.717, 1.165) is 62.0 Å². The van der Waals surface area contributed by atoms with Gasteiger partial charge < -0.3 is 20.1 Å². The normalized spacial score (nSPS) is 20.5. The van der Waals surface area contributed by atoms with Crippen molar-refractivity contribution in [1.29, 1.82) is 0 Å². The Morgan fingerprint density at radius 3 is 2.90 bits per heavy atom. The van der Waals surface area contributed by atoms with Gasteiger partial charge in [-0.2, -0.15) is 0 Å². The van der Waals surface area contributed by atoms with Crippen molar-refractivity contribution in [1.82, 2.24) is 20.3 Å². The van der Waals surface area contributed by atoms with Gasteiger partial charge in [-0.05, 0) is 38.2 Å². The molecule has 8 heteroatoms. The zero-order valence-corrected chi connectivity index (χ0v) is 17.6. The van der Waals surface area contributed by atoms with Crippen molar-refractivity contribution in [3.63, 3.8) is 0 Å². The Labute approximate surface area is 176 Å². The molecule has 1 fully saturated rings. The fourth-order valence-electron chi connectivity index (χ4n) is 4.33. The Morgan fingerprint density at radius 1 is 1.27 bits per heavy atom. The molecule has 2 aromatic heterocycles. The number of fused-ring (bicyclic) bond motifs is 1. The molecule has 2 aromatic rings. The summed E-state index contributed by atoms with van der Waals surface area (Å²) in [5.41, 5.74) is 2.78. The largest absolute Gasteiger partial charge is 0.497 e. The second kappa shape index (κ2) is 8.95. The lowest BCUT2D eigenvalue weighted by Crippen LogP contribution is -2.48. The standard InChI is InChI=1S/C22H29N5O3/c1-27(13-20(29)24-17-7-3-4-9-19(17)28)22-15-6-5-8-16(15)25-21(26-22)18-12-14(30-2)10-11-23-18/h10-12,17,19,28H,3-9,13H2,1-2H3,(H,24,29)/t17-,19+/m0/s1. The summed E-state index contributed by atoms with van der Waals surface area (Å²) in [7, 11) is 3.49. The molecule has 2 heterocycles. The molecule has 0 bridgehead atoms. The van der Waals surface area contributed by atoms with Crippen LogP contribution < -0.4 is 15.0 Å². The summed E-state index contributed by atoms with van der Waals surface area (Å²) in [5, 5.41) is 13.1. The molecule has 0 saturated heterocycles. The zero-order valence-electron chi connectivity index (χ0n) is 17.6. The van der Waals surface area contributed by atoms with Crippen LogP contribution in [0.15, 0.2) is 18.3 Å². The van der Waals surface area contributed by atoms with Crippen molar-refractivity contribution < 1.29 is 14.6 Å². The van der Waals surface area contributed by atoms with E-state index in [1.54, 1.807) is 19.4 Å². The molecule has 160 valence electrons. The molecule has 2 N–H and O–H groups in total. The summed E-state index contributed by atoms with van der Waals surface area (Å²) in [6, 6.07) is 3.44. The number of amides is 1. The van der Waals surface area contributed by atoms with Crippen LogP contribution in [-0.2, 0) is 17.6 Å². The number of carbonyl (C=O) groups excluding carboxylic acids is 1. The minimum atomic E-state index is -0.456. The Hall–Kier alpha value is -2.74. The fraction of sp³-hybridized carbons (Fsp3) is 0.545. The number of pyridine rings is 1. The quantitative estimate of drug-likeness (QED) is 0.749. The van der Waals surface area contributed by atoms with E-state index in [4.69, 9.17) is 14.7 Å². The van der Waals surface area contributed by atoms with Crippen molar-refractivity contribution in [3.05, 3.63) is 29.6 Å². The van der Waals surface area contributed by atoms with Gasteiger partial charge in [0, 0.05) is 30.6 Å². The number of nitrogens with zero attached hydrogens (tertiary/aromatic N) is 4. The summed E-state index contributed by atoms with van der Waals surface area (Å²) in [5.74, 6) is 1.91. The molecule has 8 nitrogen and oxygen atoms in total. The highest BCUT2D eigenvalue weighted by atomic mass is 16.5. The van der Waals surface area contributed by atoms with E-state index in [0.29, 0.717) is 17.3 Å². The van der Waals surface area contributed by atoms with E-state index in [9.17, 15) is 9.90 Å². The number of methoxy groups -OCH3 is 1. The minimum Gasteiger partial charge on any atom is -0.497 e. The first kappa shape index (κ1) is 20.5. The maximum Gasteiger partial charge on any atom is 0.239 e. The maximum atomic E-state index is 12.6. The number of nitrogens with one attached hydrogen (secondary N) is 1. The van der Waals surface area contributed by atoms with Crippen LogP contribution in [-0.4, -0.2) is 58.8 Å². The lowest BCUT2D eigenvalue weighted by atomic mass is 9.92. The van der Waals surface area contributed by atoms with Gasteiger partial charge in [0.25, 0.3) is 0 Å². The van der Waals surface area contributed by atoms with E-state index >= 15 is 0 Å². The molecule has 1 amide bonds. The number of ether oxygens (including phenoxy) is 1. The number of aliphatic hydroxyl groups is 1. The Kier molecular flexibility index (Phi) is 6.13. The van der Waals surface area contributed by atoms with Crippen LogP contribution in [0.5, 0.6) is 5.75 Å². The molecule has 0 radical (unpaired) electrons. The van der Waals surface area contributed by atoms with Gasteiger partial charge in [0.15, 0.2) is 5.82 Å². The number of hydrogen-bond acceptors (Lipinski definition) is 7. The average molecular weight is 412 g/mol. The molecule has 0 unspecified atom stereocenters. The third-order valence-corrected chi connectivity index (χ3v) is 5.93. The number of aliphatic hydroxyl groups excluding tert-OH is 1. The van der Waals surface area contributed by atoms with Crippen LogP contribution in [0.25, 0.3) is 11.5 Å². The highest BCUT2D eigenvalue weighted by molar-refractivity contribution is 5.81. The van der Waals surface area contributed by atoms with Crippen LogP contribution >= 0.6 is 0 Å². The number of aromatic nitrogens is 3. The summed E-state index contributed by atoms with van der Waals surface area (Å²) in [6.45, 7) is 0.178. The van der Waals surface area contributed by atoms with Gasteiger partial charge in [-0.25, -0.2) is 9.97 Å². The first-order valence-electron chi connectivity index (χ1n) is 10.6. The molecule has 4 rings (SSSR count). The van der Waals surface area contributed by atoms with Crippen molar-refractivity contribution in [2.45, 2.75) is 57.1 Å². The summed E-state index contributed by atoms with van der Waals surface area (Å²) in [4.78, 5) is 28.4. The third-order valence-electron chi connectivity index (χ3n) is 5.93. The highest BCUT2D eigenvalue weighted by Crippen LogP contribution is 2.31. The second-order valence-corrected chi connectivity index (χ2v) is 8.11. The van der Waals surface area contributed by atoms with Gasteiger partial charge in [-0.3, -0.25) is 9.78 Å². The monoisotopic (exact) mass is 411 g/mol. The number of likely N-dealkylation sites (N-methyl/N-ethyl adjacent to an activating group) is 1. The van der Waals surface area contributed by atoms with E-state index < -0.39 is 6.10 Å². The fourth-order valence-corrected chi connectivity index (χ4v) is 4.33. The predicted octanol–water partition coefficient (Wildman–Crippen LogP) is 1.89. The van der Waals surface area contributed by atoms with Gasteiger partial charge >= 0.3 is 0 Å². The Bertz CT molecular complexity index is 920. The average Bonchev–Trinajstić information content (AvgIpc) is 3.23. The van der Waals surface area contributed by atoms with Crippen LogP contribution in [0.4, 0.5) is 5.82 Å². The third kappa shape index (κ3) is 4.38. The number of carbonyl (C=O) groups is 1. The first-order valence-corrected chi connectivity index (χ1v) is 10.6. The van der Waals surface area contributed by atoms with Crippen molar-refractivity contribution >= 4 is 11.7 Å². The summed E-state index contributed by atoms with van der Waals surface area (Å²) < 4.78 is 5.30. The van der Waals surface area contributed by atoms with Gasteiger partial charge in [0.05, 0.1) is 25.8 Å². The molecule has 2 aliphatic carbocycles. The van der Waals surface area contributed by atoms with E-state index in [-0.39, 0.29) is 18.5 Å². The van der Waals surface area contributed by atoms with Crippen molar-refractivity contribution in [3.8, 4) is 17.3 Å². The molecule has 0 spiro atoms. The second-order valence-electron chi connectivity index (χ2n) is 8.11. The maximum absolute atomic E-state index is 12.6. The van der Waals surface area contributed by atoms with E-state index in [1.807, 2.05) is 18.0 Å². The molecular formula is C22H29N5O3. The van der Waals surface area contributed by atoms with Crippen molar-refractivity contribution in [2.24, 2.45) is 0 Å². The van der Waals surface area contributed by atoms with Crippen LogP contribution in [0.3, 0.4) is 0 Å². The van der Waals surface area contributed by atoms with Gasteiger partial charge in [0.1, 0.15) is 17.3 Å². The predicted molar refractivity (Wildman–Crippen MR) is 114 cm³/mol. The first-order chi connectivity index (χ1) is 14.5. The molecule has 2 aliphatic rings. The Morgan fingerprint density at radius 2 is 2.10 bits per heavy atom. The number of aryl methyl sites for hydroxylation is 1. The molecule has 1 saturated carbocycles. The van der Waals surface area contributed by atoms with Gasteiger partial charge in [-0.1, -0.05) is 12.8 Å². The lowest BCUT2D eigenvalue weighted by molar-refractivity contribution is -0.121. The van der Waals surface area contributed by atoms with Crippen molar-refractivity contribution in [2.75, 3.05) is 25.6 Å². The highest BCUT2D eigenvalue weighted by Gasteiger charge is 2.27. The zero-order chi connectivity index (χ0) is 21.1. The van der Waals surface area contributed by atoms with Crippen LogP contribution in [0.1, 0.15) is 43.4 Å². The summed E-state index contributed by atoms with van der Waals surface area (Å²) >= 11 is 0. The smallest absolute Gasteiger partial charge is 0.239 e. The number of anilines is 1. The van der Waals surface area contributed by atoms with E-state index in [2.05, 4.69) is 10.3 Å². The van der Waals surface area contributed by atoms with Gasteiger partial charge in [0.2, 0.25) is 5.91 Å². The number of rotatable bonds is 6. The molecule has 30 heavy (non-hydrogen) atoms. The summed E-state index contributed by atoms with van der Waals surface area (Å²) in [6.07, 6.45) is 7.68. The molecule has 0 aliphatic heterocycles. The topological polar surface area (TPSA) is 100 Å². The SMILES string of the molecule is COc1ccnc(-c2nc3c(c(N(C)CC(=O)N[C@H]4CCCC[C@H]4O)n2)CCC3)c1. The van der Waals surface area contributed by atoms with E-state index in [1.165, 1.54) is 0 Å². The van der Waals surface area contributed by atoms with Crippen LogP contribution in [0, 0.1) is 0 Å².